The first-order valence-corrected chi connectivity index (χ1v) is 5.66. The molecule has 0 unspecified atom stereocenters. The molecule has 0 fully saturated rings. The summed E-state index contributed by atoms with van der Waals surface area (Å²) in [5.41, 5.74) is 1.12. The van der Waals surface area contributed by atoms with Crippen LogP contribution in [0.15, 0.2) is 30.9 Å². The Bertz CT molecular complexity index is 411. The number of aryl methyl sites for hydroxylation is 1. The molecule has 1 N–H and O–H groups in total. The van der Waals surface area contributed by atoms with Gasteiger partial charge in [0.1, 0.15) is 6.33 Å². The molecule has 0 aromatic carbocycles. The van der Waals surface area contributed by atoms with Gasteiger partial charge in [-0.1, -0.05) is 0 Å². The van der Waals surface area contributed by atoms with Crippen LogP contribution in [-0.2, 0) is 13.1 Å². The Labute approximate surface area is 93.2 Å². The number of thiophene rings is 1. The van der Waals surface area contributed by atoms with Crippen molar-refractivity contribution in [3.63, 3.8) is 0 Å². The molecule has 0 spiro atoms. The van der Waals surface area contributed by atoms with Crippen molar-refractivity contribution in [1.29, 1.82) is 0 Å². The second-order valence-corrected chi connectivity index (χ2v) is 4.74. The van der Waals surface area contributed by atoms with Crippen molar-refractivity contribution < 1.29 is 0 Å². The third-order valence-electron chi connectivity index (χ3n) is 2.04. The number of hydrogen-bond acceptors (Lipinski definition) is 4. The molecule has 0 amide bonds. The van der Waals surface area contributed by atoms with Gasteiger partial charge in [-0.25, -0.2) is 9.97 Å². The van der Waals surface area contributed by atoms with Gasteiger partial charge in [-0.05, 0) is 19.1 Å². The maximum absolute atomic E-state index is 3.97. The molecule has 0 atom stereocenters. The number of hydrogen-bond donors (Lipinski definition) is 1. The zero-order valence-electron chi connectivity index (χ0n) is 8.60. The Morgan fingerprint density at radius 3 is 2.67 bits per heavy atom. The highest BCUT2D eigenvalue weighted by Gasteiger charge is 1.96. The predicted octanol–water partition coefficient (Wildman–Crippen LogP) is 2.14. The van der Waals surface area contributed by atoms with Gasteiger partial charge in [-0.2, -0.15) is 0 Å². The molecule has 0 saturated carbocycles. The van der Waals surface area contributed by atoms with E-state index in [-0.39, 0.29) is 0 Å². The summed E-state index contributed by atoms with van der Waals surface area (Å²) in [6.07, 6.45) is 5.21. The maximum atomic E-state index is 3.97. The van der Waals surface area contributed by atoms with Crippen LogP contribution in [0.2, 0.25) is 0 Å². The van der Waals surface area contributed by atoms with Crippen molar-refractivity contribution in [2.45, 2.75) is 20.0 Å². The summed E-state index contributed by atoms with van der Waals surface area (Å²) < 4.78 is 0. The van der Waals surface area contributed by atoms with Crippen LogP contribution in [0.4, 0.5) is 0 Å². The summed E-state index contributed by atoms with van der Waals surface area (Å²) in [5.74, 6) is 0. The highest BCUT2D eigenvalue weighted by atomic mass is 32.1. The Morgan fingerprint density at radius 1 is 1.20 bits per heavy atom. The van der Waals surface area contributed by atoms with E-state index < -0.39 is 0 Å². The van der Waals surface area contributed by atoms with E-state index in [9.17, 15) is 0 Å². The van der Waals surface area contributed by atoms with Crippen LogP contribution in [0.5, 0.6) is 0 Å². The zero-order valence-corrected chi connectivity index (χ0v) is 9.42. The lowest BCUT2D eigenvalue weighted by Gasteiger charge is -2.01. The van der Waals surface area contributed by atoms with Gasteiger partial charge in [-0.15, -0.1) is 11.3 Å². The van der Waals surface area contributed by atoms with Crippen molar-refractivity contribution in [1.82, 2.24) is 15.3 Å². The summed E-state index contributed by atoms with van der Waals surface area (Å²) >= 11 is 1.83. The van der Waals surface area contributed by atoms with E-state index in [4.69, 9.17) is 0 Å². The molecule has 2 rings (SSSR count). The highest BCUT2D eigenvalue weighted by molar-refractivity contribution is 7.11. The fourth-order valence-electron chi connectivity index (χ4n) is 1.33. The number of nitrogens with zero attached hydrogens (tertiary/aromatic N) is 2. The first-order chi connectivity index (χ1) is 7.34. The minimum absolute atomic E-state index is 0.817. The summed E-state index contributed by atoms with van der Waals surface area (Å²) in [4.78, 5) is 10.7. The normalized spacial score (nSPS) is 10.5. The predicted molar refractivity (Wildman–Crippen MR) is 61.6 cm³/mol. The van der Waals surface area contributed by atoms with Gasteiger partial charge in [0.25, 0.3) is 0 Å². The fraction of sp³-hybridized carbons (Fsp3) is 0.273. The van der Waals surface area contributed by atoms with E-state index >= 15 is 0 Å². The quantitative estimate of drug-likeness (QED) is 0.856. The molecule has 4 heteroatoms. The number of aromatic nitrogens is 2. The molecule has 2 aromatic heterocycles. The Balaban J connectivity index is 1.80. The Morgan fingerprint density at radius 2 is 2.00 bits per heavy atom. The van der Waals surface area contributed by atoms with Crippen molar-refractivity contribution >= 4 is 11.3 Å². The summed E-state index contributed by atoms with van der Waals surface area (Å²) in [6.45, 7) is 3.85. The third-order valence-corrected chi connectivity index (χ3v) is 3.04. The largest absolute Gasteiger partial charge is 0.308 e. The van der Waals surface area contributed by atoms with Crippen molar-refractivity contribution in [2.24, 2.45) is 0 Å². The van der Waals surface area contributed by atoms with E-state index in [1.54, 1.807) is 6.33 Å². The first-order valence-electron chi connectivity index (χ1n) is 4.84. The summed E-state index contributed by atoms with van der Waals surface area (Å²) in [5, 5.41) is 3.36. The van der Waals surface area contributed by atoms with Crippen molar-refractivity contribution in [3.8, 4) is 0 Å². The lowest BCUT2D eigenvalue weighted by Crippen LogP contribution is -2.11. The third kappa shape index (κ3) is 3.11. The van der Waals surface area contributed by atoms with Crippen LogP contribution in [-0.4, -0.2) is 9.97 Å². The van der Waals surface area contributed by atoms with Crippen LogP contribution in [0, 0.1) is 6.92 Å². The SMILES string of the molecule is Cc1ccc(CNCc2cncnc2)s1. The molecule has 0 aliphatic heterocycles. The first kappa shape index (κ1) is 10.3. The molecule has 0 radical (unpaired) electrons. The molecule has 0 bridgehead atoms. The van der Waals surface area contributed by atoms with Gasteiger partial charge >= 0.3 is 0 Å². The molecular weight excluding hydrogens is 206 g/mol. The lowest BCUT2D eigenvalue weighted by atomic mass is 10.3. The van der Waals surface area contributed by atoms with E-state index in [0.29, 0.717) is 0 Å². The van der Waals surface area contributed by atoms with Gasteiger partial charge in [0, 0.05) is 40.8 Å². The van der Waals surface area contributed by atoms with Gasteiger partial charge in [0.15, 0.2) is 0 Å². The van der Waals surface area contributed by atoms with Crippen molar-refractivity contribution in [2.75, 3.05) is 0 Å². The topological polar surface area (TPSA) is 37.8 Å². The zero-order chi connectivity index (χ0) is 10.5. The van der Waals surface area contributed by atoms with Crippen LogP contribution in [0.3, 0.4) is 0 Å². The standard InChI is InChI=1S/C11H13N3S/c1-9-2-3-11(15-9)7-12-4-10-5-13-8-14-6-10/h2-3,5-6,8,12H,4,7H2,1H3. The molecule has 0 aliphatic rings. The smallest absolute Gasteiger partial charge is 0.115 e. The van der Waals surface area contributed by atoms with Gasteiger partial charge < -0.3 is 5.32 Å². The molecule has 15 heavy (non-hydrogen) atoms. The Kier molecular flexibility index (Phi) is 3.42. The minimum atomic E-state index is 0.817. The van der Waals surface area contributed by atoms with Crippen LogP contribution < -0.4 is 5.32 Å². The number of nitrogens with one attached hydrogen (secondary N) is 1. The van der Waals surface area contributed by atoms with Gasteiger partial charge in [0.05, 0.1) is 0 Å². The average molecular weight is 219 g/mol. The average Bonchev–Trinajstić information content (AvgIpc) is 2.66. The molecule has 0 saturated heterocycles. The van der Waals surface area contributed by atoms with Gasteiger partial charge in [-0.3, -0.25) is 0 Å². The maximum Gasteiger partial charge on any atom is 0.115 e. The lowest BCUT2D eigenvalue weighted by molar-refractivity contribution is 0.696. The second kappa shape index (κ2) is 5.00. The summed E-state index contributed by atoms with van der Waals surface area (Å²) in [7, 11) is 0. The summed E-state index contributed by atoms with van der Waals surface area (Å²) in [6, 6.07) is 4.31. The van der Waals surface area contributed by atoms with Crippen LogP contribution in [0.25, 0.3) is 0 Å². The molecule has 0 aliphatic carbocycles. The van der Waals surface area contributed by atoms with E-state index in [1.165, 1.54) is 9.75 Å². The molecule has 3 nitrogen and oxygen atoms in total. The number of rotatable bonds is 4. The van der Waals surface area contributed by atoms with Crippen LogP contribution >= 0.6 is 11.3 Å². The van der Waals surface area contributed by atoms with E-state index in [2.05, 4.69) is 34.3 Å². The molecular formula is C11H13N3S. The monoisotopic (exact) mass is 219 g/mol. The van der Waals surface area contributed by atoms with E-state index in [0.717, 1.165) is 18.7 Å². The molecule has 2 aromatic rings. The fourth-order valence-corrected chi connectivity index (χ4v) is 2.19. The van der Waals surface area contributed by atoms with Crippen LogP contribution in [0.1, 0.15) is 15.3 Å². The Hall–Kier alpha value is -1.26. The van der Waals surface area contributed by atoms with E-state index in [1.807, 2.05) is 23.7 Å². The highest BCUT2D eigenvalue weighted by Crippen LogP contribution is 2.14. The van der Waals surface area contributed by atoms with Crippen molar-refractivity contribution in [3.05, 3.63) is 46.2 Å². The second-order valence-electron chi connectivity index (χ2n) is 3.36. The molecule has 78 valence electrons. The molecule has 2 heterocycles. The minimum Gasteiger partial charge on any atom is -0.308 e. The van der Waals surface area contributed by atoms with Gasteiger partial charge in [0.2, 0.25) is 0 Å².